The van der Waals surface area contributed by atoms with Gasteiger partial charge in [-0.25, -0.2) is 9.78 Å². The van der Waals surface area contributed by atoms with E-state index in [4.69, 9.17) is 9.47 Å². The average molecular weight is 420 g/mol. The van der Waals surface area contributed by atoms with E-state index in [1.807, 2.05) is 24.3 Å². The van der Waals surface area contributed by atoms with E-state index < -0.39 is 5.97 Å². The van der Waals surface area contributed by atoms with Gasteiger partial charge in [0, 0.05) is 12.3 Å². The number of ether oxygens (including phenoxy) is 2. The molecule has 3 rings (SSSR count). The van der Waals surface area contributed by atoms with Gasteiger partial charge in [0.05, 0.1) is 24.3 Å². The highest BCUT2D eigenvalue weighted by Crippen LogP contribution is 2.23. The topological polar surface area (TPSA) is 97.8 Å². The zero-order chi connectivity index (χ0) is 22.1. The molecule has 0 spiro atoms. The van der Waals surface area contributed by atoms with Crippen molar-refractivity contribution < 1.29 is 24.2 Å². The predicted octanol–water partition coefficient (Wildman–Crippen LogP) is 4.93. The van der Waals surface area contributed by atoms with Crippen molar-refractivity contribution in [3.05, 3.63) is 78.0 Å². The number of nitrogens with one attached hydrogen (secondary N) is 1. The van der Waals surface area contributed by atoms with Gasteiger partial charge in [-0.3, -0.25) is 4.79 Å². The van der Waals surface area contributed by atoms with Crippen LogP contribution in [0.2, 0.25) is 0 Å². The van der Waals surface area contributed by atoms with Crippen LogP contribution in [0.5, 0.6) is 17.4 Å². The first-order valence-electron chi connectivity index (χ1n) is 10.0. The van der Waals surface area contributed by atoms with Crippen molar-refractivity contribution in [2.24, 2.45) is 0 Å². The normalized spacial score (nSPS) is 10.4. The number of benzene rings is 2. The fourth-order valence-corrected chi connectivity index (χ4v) is 2.79. The summed E-state index contributed by atoms with van der Waals surface area (Å²) < 4.78 is 11.3. The number of carboxylic acid groups (broad SMARTS) is 1. The van der Waals surface area contributed by atoms with E-state index in [2.05, 4.69) is 17.2 Å². The maximum absolute atomic E-state index is 12.3. The summed E-state index contributed by atoms with van der Waals surface area (Å²) in [6.45, 7) is 2.80. The van der Waals surface area contributed by atoms with Crippen molar-refractivity contribution in [3.63, 3.8) is 0 Å². The Balaban J connectivity index is 1.54. The summed E-state index contributed by atoms with van der Waals surface area (Å²) in [6.07, 6.45) is 3.71. The average Bonchev–Trinajstić information content (AvgIpc) is 2.77. The van der Waals surface area contributed by atoms with Crippen LogP contribution in [0, 0.1) is 0 Å². The highest BCUT2D eigenvalue weighted by Gasteiger charge is 2.12. The standard InChI is InChI=1S/C24H24N2O5/c1-2-3-14-30-18-9-11-19(12-10-18)31-23-13-8-17(16-25-23)15-22(27)26-21-7-5-4-6-20(21)24(28)29/h4-13,16H,2-3,14-15H2,1H3,(H,26,27)(H,28,29). The fraction of sp³-hybridized carbons (Fsp3) is 0.208. The van der Waals surface area contributed by atoms with E-state index in [0.717, 1.165) is 18.6 Å². The molecule has 0 fully saturated rings. The van der Waals surface area contributed by atoms with Crippen molar-refractivity contribution in [2.45, 2.75) is 26.2 Å². The lowest BCUT2D eigenvalue weighted by Crippen LogP contribution is -2.16. The first-order chi connectivity index (χ1) is 15.0. The summed E-state index contributed by atoms with van der Waals surface area (Å²) in [5.41, 5.74) is 0.979. The molecule has 0 saturated carbocycles. The van der Waals surface area contributed by atoms with Crippen molar-refractivity contribution in [1.29, 1.82) is 0 Å². The number of hydrogen-bond donors (Lipinski definition) is 2. The predicted molar refractivity (Wildman–Crippen MR) is 117 cm³/mol. The lowest BCUT2D eigenvalue weighted by Gasteiger charge is -2.09. The Morgan fingerprint density at radius 1 is 1.00 bits per heavy atom. The minimum Gasteiger partial charge on any atom is -0.494 e. The number of unbranched alkanes of at least 4 members (excludes halogenated alkanes) is 1. The van der Waals surface area contributed by atoms with E-state index in [-0.39, 0.29) is 23.6 Å². The van der Waals surface area contributed by atoms with Crippen LogP contribution < -0.4 is 14.8 Å². The molecule has 1 aromatic heterocycles. The monoisotopic (exact) mass is 420 g/mol. The minimum absolute atomic E-state index is 0.0412. The number of para-hydroxylation sites is 1. The van der Waals surface area contributed by atoms with E-state index in [9.17, 15) is 14.7 Å². The number of rotatable bonds is 10. The Labute approximate surface area is 180 Å². The van der Waals surface area contributed by atoms with E-state index in [1.54, 1.807) is 36.5 Å². The minimum atomic E-state index is -1.10. The van der Waals surface area contributed by atoms with Gasteiger partial charge in [-0.15, -0.1) is 0 Å². The first kappa shape index (κ1) is 21.8. The number of carboxylic acids is 1. The Bertz CT molecular complexity index is 1020. The van der Waals surface area contributed by atoms with Crippen LogP contribution in [0.15, 0.2) is 66.9 Å². The Morgan fingerprint density at radius 3 is 2.42 bits per heavy atom. The van der Waals surface area contributed by atoms with Crippen molar-refractivity contribution >= 4 is 17.6 Å². The maximum atomic E-state index is 12.3. The number of anilines is 1. The summed E-state index contributed by atoms with van der Waals surface area (Å²) in [7, 11) is 0. The van der Waals surface area contributed by atoms with Crippen LogP contribution in [0.25, 0.3) is 0 Å². The number of hydrogen-bond acceptors (Lipinski definition) is 5. The molecule has 0 unspecified atom stereocenters. The number of carbonyl (C=O) groups excluding carboxylic acids is 1. The van der Waals surface area contributed by atoms with Gasteiger partial charge in [0.2, 0.25) is 11.8 Å². The summed E-state index contributed by atoms with van der Waals surface area (Å²) in [4.78, 5) is 27.8. The van der Waals surface area contributed by atoms with Gasteiger partial charge in [-0.1, -0.05) is 31.5 Å². The highest BCUT2D eigenvalue weighted by molar-refractivity contribution is 6.00. The van der Waals surface area contributed by atoms with Gasteiger partial charge >= 0.3 is 5.97 Å². The second-order valence-electron chi connectivity index (χ2n) is 6.86. The summed E-state index contributed by atoms with van der Waals surface area (Å²) in [6, 6.07) is 17.0. The molecular weight excluding hydrogens is 396 g/mol. The number of aromatic carboxylic acids is 1. The third-order valence-corrected chi connectivity index (χ3v) is 4.41. The summed E-state index contributed by atoms with van der Waals surface area (Å²) >= 11 is 0. The molecule has 0 atom stereocenters. The van der Waals surface area contributed by atoms with Gasteiger partial charge in [0.25, 0.3) is 0 Å². The SMILES string of the molecule is CCCCOc1ccc(Oc2ccc(CC(=O)Nc3ccccc3C(=O)O)cn2)cc1. The third kappa shape index (κ3) is 6.57. The number of nitrogens with zero attached hydrogens (tertiary/aromatic N) is 1. The van der Waals surface area contributed by atoms with Crippen molar-refractivity contribution in [2.75, 3.05) is 11.9 Å². The fourth-order valence-electron chi connectivity index (χ4n) is 2.79. The number of aromatic nitrogens is 1. The van der Waals surface area contributed by atoms with E-state index in [0.29, 0.717) is 23.8 Å². The summed E-state index contributed by atoms with van der Waals surface area (Å²) in [5.74, 6) is 0.396. The van der Waals surface area contributed by atoms with Crippen LogP contribution in [0.4, 0.5) is 5.69 Å². The molecule has 1 amide bonds. The molecule has 7 nitrogen and oxygen atoms in total. The summed E-state index contributed by atoms with van der Waals surface area (Å²) in [5, 5.41) is 11.8. The third-order valence-electron chi connectivity index (χ3n) is 4.41. The maximum Gasteiger partial charge on any atom is 0.337 e. The van der Waals surface area contributed by atoms with Crippen molar-refractivity contribution in [1.82, 2.24) is 4.98 Å². The number of amides is 1. The second kappa shape index (κ2) is 10.8. The molecule has 2 aromatic carbocycles. The van der Waals surface area contributed by atoms with Crippen molar-refractivity contribution in [3.8, 4) is 17.4 Å². The second-order valence-corrected chi connectivity index (χ2v) is 6.86. The molecule has 0 aliphatic heterocycles. The molecular formula is C24H24N2O5. The number of pyridine rings is 1. The molecule has 160 valence electrons. The Kier molecular flexibility index (Phi) is 7.59. The van der Waals surface area contributed by atoms with Crippen LogP contribution in [0.3, 0.4) is 0 Å². The number of carbonyl (C=O) groups is 2. The largest absolute Gasteiger partial charge is 0.494 e. The van der Waals surface area contributed by atoms with Gasteiger partial charge in [0.1, 0.15) is 11.5 Å². The first-order valence-corrected chi connectivity index (χ1v) is 10.0. The van der Waals surface area contributed by atoms with Gasteiger partial charge in [0.15, 0.2) is 0 Å². The van der Waals surface area contributed by atoms with E-state index >= 15 is 0 Å². The van der Waals surface area contributed by atoms with Crippen LogP contribution in [-0.4, -0.2) is 28.6 Å². The van der Waals surface area contributed by atoms with E-state index in [1.165, 1.54) is 6.07 Å². The molecule has 0 aliphatic rings. The molecule has 0 aliphatic carbocycles. The molecule has 7 heteroatoms. The quantitative estimate of drug-likeness (QED) is 0.451. The van der Waals surface area contributed by atoms with Crippen LogP contribution >= 0.6 is 0 Å². The van der Waals surface area contributed by atoms with Gasteiger partial charge in [-0.05, 0) is 48.4 Å². The zero-order valence-electron chi connectivity index (χ0n) is 17.2. The molecule has 0 bridgehead atoms. The smallest absolute Gasteiger partial charge is 0.337 e. The Morgan fingerprint density at radius 2 is 1.74 bits per heavy atom. The molecule has 0 saturated heterocycles. The molecule has 1 heterocycles. The lowest BCUT2D eigenvalue weighted by molar-refractivity contribution is -0.115. The zero-order valence-corrected chi connectivity index (χ0v) is 17.2. The van der Waals surface area contributed by atoms with Crippen LogP contribution in [-0.2, 0) is 11.2 Å². The molecule has 31 heavy (non-hydrogen) atoms. The van der Waals surface area contributed by atoms with Gasteiger partial charge in [-0.2, -0.15) is 0 Å². The molecule has 2 N–H and O–H groups in total. The van der Waals surface area contributed by atoms with Crippen LogP contribution in [0.1, 0.15) is 35.7 Å². The Hall–Kier alpha value is -3.87. The van der Waals surface area contributed by atoms with Gasteiger partial charge < -0.3 is 19.9 Å². The lowest BCUT2D eigenvalue weighted by atomic mass is 10.1. The highest BCUT2D eigenvalue weighted by atomic mass is 16.5. The molecule has 0 radical (unpaired) electrons. The molecule has 3 aromatic rings.